The normalized spacial score (nSPS) is 16.3. The molecule has 0 aliphatic heterocycles. The lowest BCUT2D eigenvalue weighted by molar-refractivity contribution is -0.112. The molecule has 0 aliphatic rings. The van der Waals surface area contributed by atoms with E-state index in [1.807, 2.05) is 0 Å². The first-order chi connectivity index (χ1) is 5.52. The van der Waals surface area contributed by atoms with Crippen molar-refractivity contribution in [2.24, 2.45) is 0 Å². The van der Waals surface area contributed by atoms with Crippen molar-refractivity contribution in [1.82, 2.24) is 0 Å². The number of allylic oxidation sites excluding steroid dienone is 1. The molecule has 0 aromatic carbocycles. The minimum Gasteiger partial charge on any atom is -0.393 e. The SMILES string of the molecule is CC(=O)/C=C/[C@H](O)CC[C@@H](C)O. The third kappa shape index (κ3) is 7.44. The van der Waals surface area contributed by atoms with Gasteiger partial charge in [-0.15, -0.1) is 0 Å². The molecule has 0 fully saturated rings. The Labute approximate surface area is 72.7 Å². The van der Waals surface area contributed by atoms with Crippen LogP contribution in [0.4, 0.5) is 0 Å². The Morgan fingerprint density at radius 3 is 2.42 bits per heavy atom. The van der Waals surface area contributed by atoms with Crippen molar-refractivity contribution in [3.05, 3.63) is 12.2 Å². The summed E-state index contributed by atoms with van der Waals surface area (Å²) in [5.41, 5.74) is 0. The molecule has 2 N–H and O–H groups in total. The summed E-state index contributed by atoms with van der Waals surface area (Å²) in [4.78, 5) is 10.4. The second kappa shape index (κ2) is 5.91. The molecule has 0 radical (unpaired) electrons. The average Bonchev–Trinajstić information content (AvgIpc) is 1.96. The zero-order valence-corrected chi connectivity index (χ0v) is 7.53. The van der Waals surface area contributed by atoms with Crippen molar-refractivity contribution in [2.45, 2.75) is 38.9 Å². The number of hydrogen-bond donors (Lipinski definition) is 2. The highest BCUT2D eigenvalue weighted by molar-refractivity contribution is 5.87. The average molecular weight is 172 g/mol. The third-order valence-electron chi connectivity index (χ3n) is 1.43. The number of hydrogen-bond acceptors (Lipinski definition) is 3. The van der Waals surface area contributed by atoms with Gasteiger partial charge < -0.3 is 10.2 Å². The lowest BCUT2D eigenvalue weighted by atomic mass is 10.1. The van der Waals surface area contributed by atoms with E-state index in [1.165, 1.54) is 19.1 Å². The van der Waals surface area contributed by atoms with Crippen LogP contribution >= 0.6 is 0 Å². The smallest absolute Gasteiger partial charge is 0.152 e. The number of aliphatic hydroxyl groups is 2. The Hall–Kier alpha value is -0.670. The number of carbonyl (C=O) groups excluding carboxylic acids is 1. The Morgan fingerprint density at radius 1 is 1.42 bits per heavy atom. The van der Waals surface area contributed by atoms with Crippen LogP contribution in [-0.2, 0) is 4.79 Å². The van der Waals surface area contributed by atoms with Crippen LogP contribution in [0, 0.1) is 0 Å². The molecule has 70 valence electrons. The highest BCUT2D eigenvalue weighted by Crippen LogP contribution is 2.02. The quantitative estimate of drug-likeness (QED) is 0.599. The van der Waals surface area contributed by atoms with Crippen LogP contribution in [0.2, 0.25) is 0 Å². The Morgan fingerprint density at radius 2 is 2.00 bits per heavy atom. The minimum atomic E-state index is -0.622. The summed E-state index contributed by atoms with van der Waals surface area (Å²) < 4.78 is 0. The van der Waals surface area contributed by atoms with Crippen molar-refractivity contribution >= 4 is 5.78 Å². The van der Waals surface area contributed by atoms with Crippen molar-refractivity contribution in [2.75, 3.05) is 0 Å². The van der Waals surface area contributed by atoms with Gasteiger partial charge in [0.15, 0.2) is 5.78 Å². The van der Waals surface area contributed by atoms with Crippen molar-refractivity contribution in [1.29, 1.82) is 0 Å². The molecule has 0 saturated carbocycles. The van der Waals surface area contributed by atoms with E-state index in [0.717, 1.165) is 0 Å². The Kier molecular flexibility index (Phi) is 5.58. The van der Waals surface area contributed by atoms with E-state index in [-0.39, 0.29) is 5.78 Å². The summed E-state index contributed by atoms with van der Waals surface area (Å²) in [6.45, 7) is 3.10. The highest BCUT2D eigenvalue weighted by atomic mass is 16.3. The molecule has 0 heterocycles. The molecule has 0 unspecified atom stereocenters. The Bertz CT molecular complexity index is 161. The molecule has 0 aliphatic carbocycles. The summed E-state index contributed by atoms with van der Waals surface area (Å²) in [5.74, 6) is -0.0777. The van der Waals surface area contributed by atoms with Gasteiger partial charge in [-0.3, -0.25) is 4.79 Å². The first-order valence-electron chi connectivity index (χ1n) is 4.07. The predicted molar refractivity (Wildman–Crippen MR) is 46.7 cm³/mol. The number of ketones is 1. The second-order valence-electron chi connectivity index (χ2n) is 2.96. The zero-order valence-electron chi connectivity index (χ0n) is 7.53. The summed E-state index contributed by atoms with van der Waals surface area (Å²) in [6.07, 6.45) is 2.80. The first-order valence-corrected chi connectivity index (χ1v) is 4.07. The number of carbonyl (C=O) groups is 1. The molecule has 0 rings (SSSR count). The summed E-state index contributed by atoms with van der Waals surface area (Å²) in [7, 11) is 0. The lowest BCUT2D eigenvalue weighted by Gasteiger charge is -2.06. The number of rotatable bonds is 5. The fourth-order valence-electron chi connectivity index (χ4n) is 0.755. The Balaban J connectivity index is 3.59. The van der Waals surface area contributed by atoms with Gasteiger partial charge in [-0.1, -0.05) is 6.08 Å². The minimum absolute atomic E-state index is 0.0777. The topological polar surface area (TPSA) is 57.5 Å². The van der Waals surface area contributed by atoms with Crippen LogP contribution in [-0.4, -0.2) is 28.2 Å². The highest BCUT2D eigenvalue weighted by Gasteiger charge is 2.01. The van der Waals surface area contributed by atoms with Crippen LogP contribution in [0.15, 0.2) is 12.2 Å². The molecule has 0 saturated heterocycles. The summed E-state index contributed by atoms with van der Waals surface area (Å²) in [5, 5.41) is 18.1. The van der Waals surface area contributed by atoms with Gasteiger partial charge in [0.05, 0.1) is 12.2 Å². The fraction of sp³-hybridized carbons (Fsp3) is 0.667. The fourth-order valence-corrected chi connectivity index (χ4v) is 0.755. The maximum Gasteiger partial charge on any atom is 0.152 e. The summed E-state index contributed by atoms with van der Waals surface area (Å²) in [6, 6.07) is 0. The van der Waals surface area contributed by atoms with Crippen molar-refractivity contribution in [3.8, 4) is 0 Å². The van der Waals surface area contributed by atoms with E-state index < -0.39 is 12.2 Å². The molecule has 0 spiro atoms. The molecule has 12 heavy (non-hydrogen) atoms. The van der Waals surface area contributed by atoms with E-state index in [9.17, 15) is 9.90 Å². The van der Waals surface area contributed by atoms with E-state index in [4.69, 9.17) is 5.11 Å². The van der Waals surface area contributed by atoms with E-state index >= 15 is 0 Å². The molecular formula is C9H16O3. The molecule has 0 aromatic heterocycles. The van der Waals surface area contributed by atoms with Gasteiger partial charge in [0.1, 0.15) is 0 Å². The van der Waals surface area contributed by atoms with Gasteiger partial charge in [0.25, 0.3) is 0 Å². The van der Waals surface area contributed by atoms with Crippen molar-refractivity contribution in [3.63, 3.8) is 0 Å². The molecule has 3 heteroatoms. The van der Waals surface area contributed by atoms with E-state index in [2.05, 4.69) is 0 Å². The van der Waals surface area contributed by atoms with Crippen LogP contribution in [0.1, 0.15) is 26.7 Å². The van der Waals surface area contributed by atoms with Crippen LogP contribution in [0.25, 0.3) is 0 Å². The zero-order chi connectivity index (χ0) is 9.56. The largest absolute Gasteiger partial charge is 0.393 e. The lowest BCUT2D eigenvalue weighted by Crippen LogP contribution is -2.08. The van der Waals surface area contributed by atoms with Gasteiger partial charge in [-0.25, -0.2) is 0 Å². The first kappa shape index (κ1) is 11.3. The molecule has 0 bridgehead atoms. The van der Waals surface area contributed by atoms with E-state index in [0.29, 0.717) is 12.8 Å². The van der Waals surface area contributed by atoms with Gasteiger partial charge in [0.2, 0.25) is 0 Å². The maximum atomic E-state index is 10.4. The molecular weight excluding hydrogens is 156 g/mol. The van der Waals surface area contributed by atoms with Gasteiger partial charge in [-0.05, 0) is 32.8 Å². The second-order valence-corrected chi connectivity index (χ2v) is 2.96. The maximum absolute atomic E-state index is 10.4. The molecule has 2 atom stereocenters. The third-order valence-corrected chi connectivity index (χ3v) is 1.43. The summed E-state index contributed by atoms with van der Waals surface area (Å²) >= 11 is 0. The van der Waals surface area contributed by atoms with Crippen LogP contribution in [0.3, 0.4) is 0 Å². The monoisotopic (exact) mass is 172 g/mol. The van der Waals surface area contributed by atoms with E-state index in [1.54, 1.807) is 6.92 Å². The van der Waals surface area contributed by atoms with Gasteiger partial charge >= 0.3 is 0 Å². The molecule has 0 aromatic rings. The van der Waals surface area contributed by atoms with Crippen LogP contribution in [0.5, 0.6) is 0 Å². The predicted octanol–water partition coefficient (Wildman–Crippen LogP) is 0.653. The number of aliphatic hydroxyl groups excluding tert-OH is 2. The molecule has 0 amide bonds. The van der Waals surface area contributed by atoms with Crippen molar-refractivity contribution < 1.29 is 15.0 Å². The standard InChI is InChI=1S/C9H16O3/c1-7(10)3-5-9(12)6-4-8(2)11/h3,5,8-9,11-12H,4,6H2,1-2H3/b5-3+/t8-,9+/m1/s1. The van der Waals surface area contributed by atoms with Gasteiger partial charge in [0, 0.05) is 0 Å². The van der Waals surface area contributed by atoms with Crippen LogP contribution < -0.4 is 0 Å². The van der Waals surface area contributed by atoms with Gasteiger partial charge in [-0.2, -0.15) is 0 Å². The molecule has 3 nitrogen and oxygen atoms in total.